The van der Waals surface area contributed by atoms with Crippen LogP contribution in [0.25, 0.3) is 32.9 Å². The van der Waals surface area contributed by atoms with Crippen LogP contribution >= 0.6 is 11.6 Å². The number of hydrogen-bond acceptors (Lipinski definition) is 6. The number of nitrogens with zero attached hydrogens (tertiary/aromatic N) is 4. The van der Waals surface area contributed by atoms with Gasteiger partial charge in [-0.3, -0.25) is 4.90 Å². The van der Waals surface area contributed by atoms with Crippen LogP contribution in [0.2, 0.25) is 5.02 Å². The Labute approximate surface area is 229 Å². The molecular weight excluding hydrogens is 494 g/mol. The first-order valence-electron chi connectivity index (χ1n) is 14.0. The Kier molecular flexibility index (Phi) is 6.14. The number of ether oxygens (including phenoxy) is 1. The van der Waals surface area contributed by atoms with Gasteiger partial charge in [-0.05, 0) is 69.3 Å². The Balaban J connectivity index is 1.38. The van der Waals surface area contributed by atoms with Gasteiger partial charge in [0.15, 0.2) is 0 Å². The van der Waals surface area contributed by atoms with Crippen LogP contribution in [0.15, 0.2) is 48.5 Å². The van der Waals surface area contributed by atoms with Gasteiger partial charge in [0.2, 0.25) is 5.88 Å². The SMILES string of the molecule is Cc1c(-c2cccc3cccc(Cl)c23)nc(OCC23CCCN2CCC3)c2ccc(N3CCNCC3)nc12. The molecule has 0 aliphatic carbocycles. The maximum atomic E-state index is 6.76. The molecule has 5 heterocycles. The van der Waals surface area contributed by atoms with E-state index in [1.165, 1.54) is 38.8 Å². The Morgan fingerprint density at radius 3 is 2.50 bits per heavy atom. The number of anilines is 1. The number of aromatic nitrogens is 2. The van der Waals surface area contributed by atoms with Crippen molar-refractivity contribution in [1.82, 2.24) is 20.2 Å². The molecule has 2 aromatic heterocycles. The van der Waals surface area contributed by atoms with Gasteiger partial charge in [-0.25, -0.2) is 9.97 Å². The lowest BCUT2D eigenvalue weighted by molar-refractivity contribution is 0.112. The average molecular weight is 528 g/mol. The second-order valence-electron chi connectivity index (χ2n) is 11.0. The molecular formula is C31H34ClN5O. The quantitative estimate of drug-likeness (QED) is 0.352. The zero-order chi connectivity index (χ0) is 25.7. The summed E-state index contributed by atoms with van der Waals surface area (Å²) in [6.45, 7) is 9.03. The number of fused-ring (bicyclic) bond motifs is 3. The summed E-state index contributed by atoms with van der Waals surface area (Å²) in [5.74, 6) is 1.69. The summed E-state index contributed by atoms with van der Waals surface area (Å²) in [6, 6.07) is 16.7. The standard InChI is InChI=1S/C31H34ClN5O/c1-21-28(23-8-2-6-22-7-3-9-25(32)27(22)23)35-30(38-20-31-12-4-16-37(31)17-5-13-31)24-10-11-26(34-29(21)24)36-18-14-33-15-19-36/h2-3,6-11,33H,4-5,12-20H2,1H3. The minimum absolute atomic E-state index is 0.149. The van der Waals surface area contributed by atoms with E-state index in [1.54, 1.807) is 0 Å². The molecule has 3 saturated heterocycles. The Morgan fingerprint density at radius 1 is 0.947 bits per heavy atom. The van der Waals surface area contributed by atoms with E-state index in [1.807, 2.05) is 12.1 Å². The normalized spacial score (nSPS) is 19.4. The van der Waals surface area contributed by atoms with Crippen LogP contribution < -0.4 is 15.0 Å². The molecule has 4 aromatic rings. The fourth-order valence-electron chi connectivity index (χ4n) is 6.86. The molecule has 1 N–H and O–H groups in total. The maximum absolute atomic E-state index is 6.76. The minimum Gasteiger partial charge on any atom is -0.475 e. The van der Waals surface area contributed by atoms with Gasteiger partial charge in [-0.1, -0.05) is 41.9 Å². The Morgan fingerprint density at radius 2 is 1.71 bits per heavy atom. The van der Waals surface area contributed by atoms with Crippen molar-refractivity contribution in [1.29, 1.82) is 0 Å². The molecule has 7 rings (SSSR count). The molecule has 3 fully saturated rings. The molecule has 38 heavy (non-hydrogen) atoms. The summed E-state index contributed by atoms with van der Waals surface area (Å²) in [5.41, 5.74) is 4.07. The van der Waals surface area contributed by atoms with Crippen LogP contribution in [0.5, 0.6) is 5.88 Å². The molecule has 7 heteroatoms. The molecule has 0 saturated carbocycles. The summed E-state index contributed by atoms with van der Waals surface area (Å²) in [6.07, 6.45) is 4.91. The topological polar surface area (TPSA) is 53.5 Å². The van der Waals surface area contributed by atoms with Crippen molar-refractivity contribution in [3.63, 3.8) is 0 Å². The summed E-state index contributed by atoms with van der Waals surface area (Å²) >= 11 is 6.76. The van der Waals surface area contributed by atoms with Gasteiger partial charge in [0.1, 0.15) is 12.4 Å². The van der Waals surface area contributed by atoms with E-state index in [9.17, 15) is 0 Å². The molecule has 3 aliphatic heterocycles. The lowest BCUT2D eigenvalue weighted by atomic mass is 9.95. The third kappa shape index (κ3) is 4.01. The number of rotatable bonds is 5. The smallest absolute Gasteiger partial charge is 0.223 e. The van der Waals surface area contributed by atoms with Crippen LogP contribution in [0.1, 0.15) is 31.2 Å². The molecule has 6 nitrogen and oxygen atoms in total. The number of nitrogens with one attached hydrogen (secondary N) is 1. The van der Waals surface area contributed by atoms with Crippen molar-refractivity contribution in [3.05, 3.63) is 59.1 Å². The number of benzene rings is 2. The van der Waals surface area contributed by atoms with Crippen LogP contribution in [0.3, 0.4) is 0 Å². The molecule has 0 unspecified atom stereocenters. The highest BCUT2D eigenvalue weighted by atomic mass is 35.5. The van der Waals surface area contributed by atoms with Gasteiger partial charge < -0.3 is 15.0 Å². The van der Waals surface area contributed by atoms with Crippen molar-refractivity contribution in [2.24, 2.45) is 0 Å². The van der Waals surface area contributed by atoms with E-state index in [-0.39, 0.29) is 5.54 Å². The second kappa shape index (κ2) is 9.67. The zero-order valence-corrected chi connectivity index (χ0v) is 22.7. The predicted molar refractivity (Wildman–Crippen MR) is 156 cm³/mol. The van der Waals surface area contributed by atoms with Gasteiger partial charge >= 0.3 is 0 Å². The predicted octanol–water partition coefficient (Wildman–Crippen LogP) is 5.83. The summed E-state index contributed by atoms with van der Waals surface area (Å²) < 4.78 is 6.70. The van der Waals surface area contributed by atoms with E-state index in [0.29, 0.717) is 12.5 Å². The number of halogens is 1. The molecule has 2 aromatic carbocycles. The van der Waals surface area contributed by atoms with Crippen molar-refractivity contribution in [2.45, 2.75) is 38.1 Å². The van der Waals surface area contributed by atoms with Crippen LogP contribution in [0.4, 0.5) is 5.82 Å². The highest BCUT2D eigenvalue weighted by molar-refractivity contribution is 6.36. The third-order valence-electron chi connectivity index (χ3n) is 8.87. The van der Waals surface area contributed by atoms with Crippen LogP contribution in [0, 0.1) is 6.92 Å². The van der Waals surface area contributed by atoms with Crippen molar-refractivity contribution in [3.8, 4) is 17.1 Å². The second-order valence-corrected chi connectivity index (χ2v) is 11.5. The van der Waals surface area contributed by atoms with E-state index in [0.717, 1.165) is 75.5 Å². The fourth-order valence-corrected chi connectivity index (χ4v) is 7.15. The largest absolute Gasteiger partial charge is 0.475 e. The molecule has 0 atom stereocenters. The van der Waals surface area contributed by atoms with E-state index in [2.05, 4.69) is 58.4 Å². The molecule has 3 aliphatic rings. The van der Waals surface area contributed by atoms with Gasteiger partial charge in [0.25, 0.3) is 0 Å². The van der Waals surface area contributed by atoms with Crippen molar-refractivity contribution >= 4 is 39.1 Å². The number of piperazine rings is 1. The Bertz CT molecular complexity index is 1500. The highest BCUT2D eigenvalue weighted by Gasteiger charge is 2.45. The Hall–Kier alpha value is -2.93. The van der Waals surface area contributed by atoms with Crippen LogP contribution in [-0.4, -0.2) is 66.3 Å². The first-order chi connectivity index (χ1) is 18.6. The number of hydrogen-bond donors (Lipinski definition) is 1. The first-order valence-corrected chi connectivity index (χ1v) is 14.3. The summed E-state index contributed by atoms with van der Waals surface area (Å²) in [7, 11) is 0. The minimum atomic E-state index is 0.149. The maximum Gasteiger partial charge on any atom is 0.223 e. The lowest BCUT2D eigenvalue weighted by Crippen LogP contribution is -2.44. The third-order valence-corrected chi connectivity index (χ3v) is 9.19. The number of pyridine rings is 2. The van der Waals surface area contributed by atoms with Crippen molar-refractivity contribution < 1.29 is 4.74 Å². The summed E-state index contributed by atoms with van der Waals surface area (Å²) in [5, 5.41) is 7.28. The molecule has 196 valence electrons. The van der Waals surface area contributed by atoms with E-state index < -0.39 is 0 Å². The van der Waals surface area contributed by atoms with Gasteiger partial charge in [-0.2, -0.15) is 0 Å². The highest BCUT2D eigenvalue weighted by Crippen LogP contribution is 2.42. The first kappa shape index (κ1) is 24.1. The molecule has 0 spiro atoms. The summed E-state index contributed by atoms with van der Waals surface area (Å²) in [4.78, 5) is 15.4. The van der Waals surface area contributed by atoms with E-state index >= 15 is 0 Å². The van der Waals surface area contributed by atoms with Crippen molar-refractivity contribution in [2.75, 3.05) is 50.8 Å². The fraction of sp³-hybridized carbons (Fsp3) is 0.419. The molecule has 0 bridgehead atoms. The van der Waals surface area contributed by atoms with Gasteiger partial charge in [0, 0.05) is 47.7 Å². The van der Waals surface area contributed by atoms with Gasteiger partial charge in [-0.15, -0.1) is 0 Å². The van der Waals surface area contributed by atoms with Crippen LogP contribution in [-0.2, 0) is 0 Å². The van der Waals surface area contributed by atoms with Gasteiger partial charge in [0.05, 0.1) is 22.1 Å². The number of aryl methyl sites for hydroxylation is 1. The zero-order valence-electron chi connectivity index (χ0n) is 22.0. The lowest BCUT2D eigenvalue weighted by Gasteiger charge is -2.32. The monoisotopic (exact) mass is 527 g/mol. The average Bonchev–Trinajstić information content (AvgIpc) is 3.54. The molecule has 0 radical (unpaired) electrons. The molecule has 0 amide bonds. The van der Waals surface area contributed by atoms with E-state index in [4.69, 9.17) is 26.3 Å².